The zero-order chi connectivity index (χ0) is 9.42. The van der Waals surface area contributed by atoms with Crippen LogP contribution >= 0.6 is 0 Å². The molecular formula is C11H12N2. The number of aryl methyl sites for hydroxylation is 2. The van der Waals surface area contributed by atoms with Gasteiger partial charge in [-0.15, -0.1) is 0 Å². The van der Waals surface area contributed by atoms with Gasteiger partial charge in [-0.25, -0.2) is 4.98 Å². The second-order valence-corrected chi connectivity index (χ2v) is 3.39. The van der Waals surface area contributed by atoms with Crippen LogP contribution in [0.25, 0.3) is 10.9 Å². The Balaban J connectivity index is 2.81. The smallest absolute Gasteiger partial charge is 0.127 e. The first kappa shape index (κ1) is 8.05. The number of nitrogen functional groups attached to an aromatic ring is 1. The highest BCUT2D eigenvalue weighted by Crippen LogP contribution is 2.18. The largest absolute Gasteiger partial charge is 0.383 e. The van der Waals surface area contributed by atoms with Crippen molar-refractivity contribution in [3.63, 3.8) is 0 Å². The third-order valence-electron chi connectivity index (χ3n) is 2.20. The molecule has 0 bridgehead atoms. The Bertz CT molecular complexity index is 461. The van der Waals surface area contributed by atoms with Crippen molar-refractivity contribution in [3.05, 3.63) is 35.4 Å². The van der Waals surface area contributed by atoms with Crippen molar-refractivity contribution in [1.29, 1.82) is 0 Å². The van der Waals surface area contributed by atoms with Crippen molar-refractivity contribution in [1.82, 2.24) is 4.98 Å². The van der Waals surface area contributed by atoms with Gasteiger partial charge in [0.05, 0.1) is 5.52 Å². The van der Waals surface area contributed by atoms with Crippen LogP contribution in [0.1, 0.15) is 11.1 Å². The van der Waals surface area contributed by atoms with Crippen LogP contribution in [0.15, 0.2) is 24.3 Å². The van der Waals surface area contributed by atoms with E-state index in [1.165, 1.54) is 5.56 Å². The summed E-state index contributed by atoms with van der Waals surface area (Å²) < 4.78 is 0. The summed E-state index contributed by atoms with van der Waals surface area (Å²) in [5.74, 6) is 0.623. The molecule has 66 valence electrons. The Labute approximate surface area is 77.4 Å². The zero-order valence-corrected chi connectivity index (χ0v) is 7.83. The van der Waals surface area contributed by atoms with Gasteiger partial charge in [-0.2, -0.15) is 0 Å². The van der Waals surface area contributed by atoms with Crippen molar-refractivity contribution in [2.45, 2.75) is 13.8 Å². The molecule has 1 heterocycles. The normalized spacial score (nSPS) is 10.6. The van der Waals surface area contributed by atoms with E-state index in [-0.39, 0.29) is 0 Å². The van der Waals surface area contributed by atoms with Gasteiger partial charge >= 0.3 is 0 Å². The summed E-state index contributed by atoms with van der Waals surface area (Å²) in [7, 11) is 0. The maximum absolute atomic E-state index is 5.72. The van der Waals surface area contributed by atoms with Gasteiger partial charge in [0.2, 0.25) is 0 Å². The first-order valence-electron chi connectivity index (χ1n) is 4.30. The fourth-order valence-corrected chi connectivity index (χ4v) is 1.40. The van der Waals surface area contributed by atoms with Crippen LogP contribution in [-0.2, 0) is 0 Å². The highest BCUT2D eigenvalue weighted by molar-refractivity contribution is 5.81. The molecule has 0 aliphatic carbocycles. The van der Waals surface area contributed by atoms with Gasteiger partial charge in [-0.05, 0) is 37.1 Å². The van der Waals surface area contributed by atoms with Gasteiger partial charge in [0.25, 0.3) is 0 Å². The number of anilines is 1. The minimum Gasteiger partial charge on any atom is -0.383 e. The molecule has 2 nitrogen and oxygen atoms in total. The van der Waals surface area contributed by atoms with Gasteiger partial charge in [-0.1, -0.05) is 12.1 Å². The van der Waals surface area contributed by atoms with Gasteiger partial charge < -0.3 is 5.73 Å². The highest BCUT2D eigenvalue weighted by Gasteiger charge is 1.99. The van der Waals surface area contributed by atoms with Crippen molar-refractivity contribution in [3.8, 4) is 0 Å². The molecule has 0 saturated carbocycles. The molecular weight excluding hydrogens is 160 g/mol. The lowest BCUT2D eigenvalue weighted by molar-refractivity contribution is 1.33. The van der Waals surface area contributed by atoms with E-state index in [1.807, 2.05) is 13.0 Å². The number of hydrogen-bond donors (Lipinski definition) is 1. The van der Waals surface area contributed by atoms with Crippen LogP contribution in [0.5, 0.6) is 0 Å². The topological polar surface area (TPSA) is 38.9 Å². The molecule has 0 amide bonds. The summed E-state index contributed by atoms with van der Waals surface area (Å²) in [5.41, 5.74) is 8.95. The van der Waals surface area contributed by atoms with E-state index in [9.17, 15) is 0 Å². The monoisotopic (exact) mass is 172 g/mol. The molecule has 2 rings (SSSR count). The average Bonchev–Trinajstić information content (AvgIpc) is 2.08. The predicted molar refractivity (Wildman–Crippen MR) is 55.6 cm³/mol. The molecule has 2 N–H and O–H groups in total. The van der Waals surface area contributed by atoms with Gasteiger partial charge in [0.1, 0.15) is 5.82 Å². The average molecular weight is 172 g/mol. The van der Waals surface area contributed by atoms with Crippen molar-refractivity contribution in [2.75, 3.05) is 5.73 Å². The first-order valence-corrected chi connectivity index (χ1v) is 4.30. The van der Waals surface area contributed by atoms with Crippen LogP contribution in [0.2, 0.25) is 0 Å². The van der Waals surface area contributed by atoms with E-state index in [0.29, 0.717) is 5.82 Å². The van der Waals surface area contributed by atoms with E-state index in [1.54, 1.807) is 0 Å². The minimum atomic E-state index is 0.623. The minimum absolute atomic E-state index is 0.623. The third kappa shape index (κ3) is 1.35. The summed E-state index contributed by atoms with van der Waals surface area (Å²) >= 11 is 0. The Hall–Kier alpha value is -1.57. The number of nitrogens with two attached hydrogens (primary N) is 1. The second kappa shape index (κ2) is 2.73. The molecule has 0 spiro atoms. The van der Waals surface area contributed by atoms with E-state index in [0.717, 1.165) is 16.5 Å². The summed E-state index contributed by atoms with van der Waals surface area (Å²) in [5, 5.41) is 1.15. The van der Waals surface area contributed by atoms with Gasteiger partial charge in [-0.3, -0.25) is 0 Å². The molecule has 13 heavy (non-hydrogen) atoms. The molecule has 1 aromatic heterocycles. The second-order valence-electron chi connectivity index (χ2n) is 3.39. The van der Waals surface area contributed by atoms with Gasteiger partial charge in [0.15, 0.2) is 0 Å². The lowest BCUT2D eigenvalue weighted by Crippen LogP contribution is -1.94. The first-order chi connectivity index (χ1) is 6.16. The van der Waals surface area contributed by atoms with Crippen molar-refractivity contribution < 1.29 is 0 Å². The van der Waals surface area contributed by atoms with Gasteiger partial charge in [0, 0.05) is 5.39 Å². The Morgan fingerprint density at radius 3 is 2.69 bits per heavy atom. The maximum atomic E-state index is 5.72. The molecule has 0 unspecified atom stereocenters. The number of nitrogens with zero attached hydrogens (tertiary/aromatic N) is 1. The number of pyridine rings is 1. The van der Waals surface area contributed by atoms with Crippen LogP contribution < -0.4 is 5.73 Å². The van der Waals surface area contributed by atoms with Crippen molar-refractivity contribution in [2.24, 2.45) is 0 Å². The molecule has 0 aliphatic heterocycles. The zero-order valence-electron chi connectivity index (χ0n) is 7.83. The molecule has 1 aromatic carbocycles. The van der Waals surface area contributed by atoms with E-state index < -0.39 is 0 Å². The fourth-order valence-electron chi connectivity index (χ4n) is 1.40. The van der Waals surface area contributed by atoms with Crippen LogP contribution in [0.4, 0.5) is 5.82 Å². The quantitative estimate of drug-likeness (QED) is 0.662. The Morgan fingerprint density at radius 1 is 1.15 bits per heavy atom. The Morgan fingerprint density at radius 2 is 1.92 bits per heavy atom. The molecule has 2 heteroatoms. The van der Waals surface area contributed by atoms with E-state index in [2.05, 4.69) is 30.1 Å². The molecule has 0 saturated heterocycles. The number of hydrogen-bond acceptors (Lipinski definition) is 2. The number of fused-ring (bicyclic) bond motifs is 1. The molecule has 0 radical (unpaired) electrons. The molecule has 0 atom stereocenters. The van der Waals surface area contributed by atoms with E-state index in [4.69, 9.17) is 5.73 Å². The third-order valence-corrected chi connectivity index (χ3v) is 2.20. The maximum Gasteiger partial charge on any atom is 0.127 e. The number of aromatic nitrogens is 1. The van der Waals surface area contributed by atoms with Crippen LogP contribution in [-0.4, -0.2) is 4.98 Å². The number of rotatable bonds is 0. The molecule has 0 aliphatic rings. The number of benzene rings is 1. The molecule has 0 fully saturated rings. The SMILES string of the molecule is Cc1ccc2cc(C)c(N)nc2c1. The lowest BCUT2D eigenvalue weighted by atomic mass is 10.1. The van der Waals surface area contributed by atoms with Crippen molar-refractivity contribution >= 4 is 16.7 Å². The Kier molecular flexibility index (Phi) is 1.69. The summed E-state index contributed by atoms with van der Waals surface area (Å²) in [6.45, 7) is 4.03. The lowest BCUT2D eigenvalue weighted by Gasteiger charge is -2.03. The summed E-state index contributed by atoms with van der Waals surface area (Å²) in [6.07, 6.45) is 0. The van der Waals surface area contributed by atoms with E-state index >= 15 is 0 Å². The standard InChI is InChI=1S/C11H12N2/c1-7-3-4-9-6-8(2)11(12)13-10(9)5-7/h3-6H,1-2H3,(H2,12,13). The highest BCUT2D eigenvalue weighted by atomic mass is 14.8. The summed E-state index contributed by atoms with van der Waals surface area (Å²) in [4.78, 5) is 4.31. The summed E-state index contributed by atoms with van der Waals surface area (Å²) in [6, 6.07) is 8.27. The predicted octanol–water partition coefficient (Wildman–Crippen LogP) is 2.43. The van der Waals surface area contributed by atoms with Crippen LogP contribution in [0.3, 0.4) is 0 Å². The molecule has 2 aromatic rings. The van der Waals surface area contributed by atoms with Crippen LogP contribution in [0, 0.1) is 13.8 Å². The fraction of sp³-hybridized carbons (Fsp3) is 0.182.